The number of nitrogens with two attached hydrogens (primary N) is 1. The molecule has 1 aromatic rings. The van der Waals surface area contributed by atoms with Gasteiger partial charge in [-0.2, -0.15) is 0 Å². The largest absolute Gasteiger partial charge is 0.395 e. The molecule has 1 aromatic carbocycles. The quantitative estimate of drug-likeness (QED) is 0.759. The lowest BCUT2D eigenvalue weighted by atomic mass is 9.98. The van der Waals surface area contributed by atoms with Gasteiger partial charge in [0.15, 0.2) is 0 Å². The Balaban J connectivity index is 2.83. The summed E-state index contributed by atoms with van der Waals surface area (Å²) in [4.78, 5) is 13.9. The summed E-state index contributed by atoms with van der Waals surface area (Å²) in [5.74, 6) is -0.335. The fourth-order valence-electron chi connectivity index (χ4n) is 1.83. The van der Waals surface area contributed by atoms with E-state index in [1.807, 2.05) is 37.3 Å². The molecule has 0 radical (unpaired) electrons. The van der Waals surface area contributed by atoms with Crippen LogP contribution in [0.3, 0.4) is 0 Å². The lowest BCUT2D eigenvalue weighted by Gasteiger charge is -2.25. The molecule has 0 fully saturated rings. The molecule has 1 atom stereocenters. The Morgan fingerprint density at radius 2 is 2.06 bits per heavy atom. The summed E-state index contributed by atoms with van der Waals surface area (Å²) in [6.45, 7) is 3.10. The van der Waals surface area contributed by atoms with E-state index < -0.39 is 0 Å². The average molecular weight is 236 g/mol. The van der Waals surface area contributed by atoms with Crippen LogP contribution in [0.4, 0.5) is 0 Å². The Hall–Kier alpha value is -1.39. The van der Waals surface area contributed by atoms with Crippen molar-refractivity contribution in [3.63, 3.8) is 0 Å². The standard InChI is InChI=1S/C13H20N2O2/c1-2-15(8-9-16)13(17)12(10-14)11-6-4-3-5-7-11/h3-7,12,16H,2,8-10,14H2,1H3. The molecule has 94 valence electrons. The molecule has 4 heteroatoms. The number of benzene rings is 1. The van der Waals surface area contributed by atoms with Crippen LogP contribution >= 0.6 is 0 Å². The van der Waals surface area contributed by atoms with Gasteiger partial charge in [-0.05, 0) is 12.5 Å². The molecular formula is C13H20N2O2. The molecule has 4 nitrogen and oxygen atoms in total. The number of aliphatic hydroxyl groups is 1. The van der Waals surface area contributed by atoms with Gasteiger partial charge in [-0.25, -0.2) is 0 Å². The van der Waals surface area contributed by atoms with E-state index in [0.717, 1.165) is 5.56 Å². The highest BCUT2D eigenvalue weighted by Gasteiger charge is 2.23. The average Bonchev–Trinajstić information content (AvgIpc) is 2.38. The maximum atomic E-state index is 12.2. The molecule has 0 aliphatic rings. The van der Waals surface area contributed by atoms with Gasteiger partial charge < -0.3 is 15.7 Å². The van der Waals surface area contributed by atoms with E-state index in [2.05, 4.69) is 0 Å². The minimum absolute atomic E-state index is 0.0183. The summed E-state index contributed by atoms with van der Waals surface area (Å²) in [5, 5.41) is 8.92. The lowest BCUT2D eigenvalue weighted by molar-refractivity contribution is -0.132. The third kappa shape index (κ3) is 3.54. The molecule has 0 bridgehead atoms. The second kappa shape index (κ2) is 7.04. The van der Waals surface area contributed by atoms with Crippen molar-refractivity contribution in [1.29, 1.82) is 0 Å². The first-order valence-electron chi connectivity index (χ1n) is 5.89. The second-order valence-electron chi connectivity index (χ2n) is 3.84. The maximum Gasteiger partial charge on any atom is 0.231 e. The predicted octanol–water partition coefficient (Wildman–Crippen LogP) is 0.570. The Morgan fingerprint density at radius 1 is 1.41 bits per heavy atom. The van der Waals surface area contributed by atoms with E-state index in [0.29, 0.717) is 13.1 Å². The fraction of sp³-hybridized carbons (Fsp3) is 0.462. The van der Waals surface area contributed by atoms with Crippen molar-refractivity contribution in [1.82, 2.24) is 4.90 Å². The molecule has 0 saturated heterocycles. The number of carbonyl (C=O) groups is 1. The van der Waals surface area contributed by atoms with Crippen LogP contribution in [0.5, 0.6) is 0 Å². The van der Waals surface area contributed by atoms with Gasteiger partial charge in [0.05, 0.1) is 12.5 Å². The topological polar surface area (TPSA) is 66.6 Å². The van der Waals surface area contributed by atoms with Crippen molar-refractivity contribution in [3.8, 4) is 0 Å². The first-order valence-corrected chi connectivity index (χ1v) is 5.89. The van der Waals surface area contributed by atoms with Crippen molar-refractivity contribution < 1.29 is 9.90 Å². The summed E-state index contributed by atoms with van der Waals surface area (Å²) >= 11 is 0. The number of carbonyl (C=O) groups excluding carboxylic acids is 1. The smallest absolute Gasteiger partial charge is 0.231 e. The van der Waals surface area contributed by atoms with Crippen LogP contribution in [0.1, 0.15) is 18.4 Å². The highest BCUT2D eigenvalue weighted by Crippen LogP contribution is 2.17. The molecule has 0 aliphatic carbocycles. The maximum absolute atomic E-state index is 12.2. The minimum atomic E-state index is -0.317. The molecule has 1 rings (SSSR count). The molecule has 1 amide bonds. The van der Waals surface area contributed by atoms with Gasteiger partial charge >= 0.3 is 0 Å². The van der Waals surface area contributed by atoms with E-state index in [9.17, 15) is 4.79 Å². The van der Waals surface area contributed by atoms with Crippen LogP contribution in [0.25, 0.3) is 0 Å². The van der Waals surface area contributed by atoms with Gasteiger partial charge in [0.1, 0.15) is 0 Å². The highest BCUT2D eigenvalue weighted by atomic mass is 16.3. The molecule has 0 spiro atoms. The molecule has 0 aliphatic heterocycles. The molecule has 0 aromatic heterocycles. The Kier molecular flexibility index (Phi) is 5.66. The number of hydrogen-bond acceptors (Lipinski definition) is 3. The van der Waals surface area contributed by atoms with Crippen LogP contribution < -0.4 is 5.73 Å². The Morgan fingerprint density at radius 3 is 2.53 bits per heavy atom. The van der Waals surface area contributed by atoms with Crippen LogP contribution in [0, 0.1) is 0 Å². The van der Waals surface area contributed by atoms with Crippen molar-refractivity contribution in [2.75, 3.05) is 26.2 Å². The zero-order chi connectivity index (χ0) is 12.7. The van der Waals surface area contributed by atoms with E-state index >= 15 is 0 Å². The normalized spacial score (nSPS) is 12.2. The molecule has 0 heterocycles. The van der Waals surface area contributed by atoms with Crippen LogP contribution in [0.15, 0.2) is 30.3 Å². The van der Waals surface area contributed by atoms with Crippen LogP contribution in [0.2, 0.25) is 0 Å². The van der Waals surface area contributed by atoms with Crippen LogP contribution in [-0.2, 0) is 4.79 Å². The molecular weight excluding hydrogens is 216 g/mol. The van der Waals surface area contributed by atoms with Gasteiger partial charge in [-0.1, -0.05) is 30.3 Å². The summed E-state index contributed by atoms with van der Waals surface area (Å²) in [6.07, 6.45) is 0. The zero-order valence-electron chi connectivity index (χ0n) is 10.2. The van der Waals surface area contributed by atoms with E-state index in [1.165, 1.54) is 0 Å². The SMILES string of the molecule is CCN(CCO)C(=O)C(CN)c1ccccc1. The number of aliphatic hydroxyl groups excluding tert-OH is 1. The van der Waals surface area contributed by atoms with E-state index in [1.54, 1.807) is 4.90 Å². The zero-order valence-corrected chi connectivity index (χ0v) is 10.2. The first-order chi connectivity index (χ1) is 8.24. The third-order valence-corrected chi connectivity index (χ3v) is 2.80. The summed E-state index contributed by atoms with van der Waals surface area (Å²) in [5.41, 5.74) is 6.61. The Labute approximate surface area is 102 Å². The van der Waals surface area contributed by atoms with Gasteiger partial charge in [-0.3, -0.25) is 4.79 Å². The Bertz CT molecular complexity index is 341. The van der Waals surface area contributed by atoms with E-state index in [4.69, 9.17) is 10.8 Å². The van der Waals surface area contributed by atoms with Gasteiger partial charge in [0, 0.05) is 19.6 Å². The summed E-state index contributed by atoms with van der Waals surface area (Å²) < 4.78 is 0. The van der Waals surface area contributed by atoms with Crippen molar-refractivity contribution in [2.24, 2.45) is 5.73 Å². The van der Waals surface area contributed by atoms with E-state index in [-0.39, 0.29) is 25.0 Å². The number of amides is 1. The highest BCUT2D eigenvalue weighted by molar-refractivity contribution is 5.84. The van der Waals surface area contributed by atoms with Crippen molar-refractivity contribution in [3.05, 3.63) is 35.9 Å². The van der Waals surface area contributed by atoms with Gasteiger partial charge in [-0.15, -0.1) is 0 Å². The van der Waals surface area contributed by atoms with Crippen LogP contribution in [-0.4, -0.2) is 42.2 Å². The molecule has 3 N–H and O–H groups in total. The summed E-state index contributed by atoms with van der Waals surface area (Å²) in [7, 11) is 0. The minimum Gasteiger partial charge on any atom is -0.395 e. The van der Waals surface area contributed by atoms with Crippen molar-refractivity contribution in [2.45, 2.75) is 12.8 Å². The molecule has 17 heavy (non-hydrogen) atoms. The molecule has 0 saturated carbocycles. The monoisotopic (exact) mass is 236 g/mol. The van der Waals surface area contributed by atoms with Gasteiger partial charge in [0.25, 0.3) is 0 Å². The number of rotatable bonds is 6. The number of nitrogens with zero attached hydrogens (tertiary/aromatic N) is 1. The fourth-order valence-corrected chi connectivity index (χ4v) is 1.83. The summed E-state index contributed by atoms with van der Waals surface area (Å²) in [6, 6.07) is 9.51. The van der Waals surface area contributed by atoms with Gasteiger partial charge in [0.2, 0.25) is 5.91 Å². The third-order valence-electron chi connectivity index (χ3n) is 2.80. The number of likely N-dealkylation sites (N-methyl/N-ethyl adjacent to an activating group) is 1. The predicted molar refractivity (Wildman–Crippen MR) is 67.6 cm³/mol. The number of hydrogen-bond donors (Lipinski definition) is 2. The second-order valence-corrected chi connectivity index (χ2v) is 3.84. The lowest BCUT2D eigenvalue weighted by Crippen LogP contribution is -2.39. The first kappa shape index (κ1) is 13.7. The molecule has 1 unspecified atom stereocenters. The van der Waals surface area contributed by atoms with Crippen molar-refractivity contribution >= 4 is 5.91 Å².